The van der Waals surface area contributed by atoms with Crippen molar-refractivity contribution >= 4 is 33.6 Å². The van der Waals surface area contributed by atoms with Crippen LogP contribution >= 0.6 is 27.7 Å². The van der Waals surface area contributed by atoms with Crippen LogP contribution in [0, 0.1) is 0 Å². The van der Waals surface area contributed by atoms with Crippen molar-refractivity contribution < 1.29 is 4.79 Å². The summed E-state index contributed by atoms with van der Waals surface area (Å²) in [4.78, 5) is 14.9. The van der Waals surface area contributed by atoms with Gasteiger partial charge < -0.3 is 4.90 Å². The molecule has 2 nitrogen and oxygen atoms in total. The summed E-state index contributed by atoms with van der Waals surface area (Å²) in [7, 11) is 0. The van der Waals surface area contributed by atoms with E-state index in [0.29, 0.717) is 0 Å². The molecule has 0 spiro atoms. The number of hydrogen-bond donors (Lipinski definition) is 0. The lowest BCUT2D eigenvalue weighted by molar-refractivity contribution is -0.131. The molecule has 1 atom stereocenters. The highest BCUT2D eigenvalue weighted by atomic mass is 79.9. The van der Waals surface area contributed by atoms with Gasteiger partial charge in [-0.2, -0.15) is 0 Å². The molecule has 1 aromatic carbocycles. The zero-order chi connectivity index (χ0) is 12.4. The summed E-state index contributed by atoms with van der Waals surface area (Å²) in [5.74, 6) is 1.25. The highest BCUT2D eigenvalue weighted by molar-refractivity contribution is 9.10. The average Bonchev–Trinajstić information content (AvgIpc) is 2.30. The molecule has 1 aliphatic rings. The third kappa shape index (κ3) is 2.68. The van der Waals surface area contributed by atoms with Gasteiger partial charge in [-0.25, -0.2) is 0 Å². The van der Waals surface area contributed by atoms with E-state index in [1.807, 2.05) is 23.6 Å². The zero-order valence-corrected chi connectivity index (χ0v) is 12.5. The Morgan fingerprint density at radius 2 is 2.35 bits per heavy atom. The molecule has 1 aromatic rings. The quantitative estimate of drug-likeness (QED) is 0.826. The molecule has 17 heavy (non-hydrogen) atoms. The first kappa shape index (κ1) is 13.0. The van der Waals surface area contributed by atoms with Crippen molar-refractivity contribution in [1.29, 1.82) is 0 Å². The van der Waals surface area contributed by atoms with Gasteiger partial charge in [0.05, 0.1) is 6.04 Å². The van der Waals surface area contributed by atoms with E-state index in [4.69, 9.17) is 0 Å². The molecule has 1 heterocycles. The number of nitrogens with zero attached hydrogens (tertiary/aromatic N) is 1. The van der Waals surface area contributed by atoms with Crippen LogP contribution in [0.15, 0.2) is 27.6 Å². The second kappa shape index (κ2) is 5.44. The fourth-order valence-electron chi connectivity index (χ4n) is 2.33. The SMILES string of the molecule is CCN(C(C)=O)[C@H]1CCSc2ccc(Br)cc21. The molecule has 2 rings (SSSR count). The van der Waals surface area contributed by atoms with E-state index >= 15 is 0 Å². The van der Waals surface area contributed by atoms with Crippen LogP contribution in [-0.4, -0.2) is 23.1 Å². The number of thioether (sulfide) groups is 1. The summed E-state index contributed by atoms with van der Waals surface area (Å²) in [6.07, 6.45) is 1.04. The summed E-state index contributed by atoms with van der Waals surface area (Å²) >= 11 is 5.40. The second-order valence-electron chi connectivity index (χ2n) is 4.14. The third-order valence-electron chi connectivity index (χ3n) is 3.10. The summed E-state index contributed by atoms with van der Waals surface area (Å²) in [5, 5.41) is 0. The normalized spacial score (nSPS) is 18.6. The summed E-state index contributed by atoms with van der Waals surface area (Å²) in [6.45, 7) is 4.47. The summed E-state index contributed by atoms with van der Waals surface area (Å²) in [6, 6.07) is 6.60. The molecule has 0 N–H and O–H groups in total. The smallest absolute Gasteiger partial charge is 0.219 e. The molecule has 0 aromatic heterocycles. The van der Waals surface area contributed by atoms with Gasteiger partial charge in [-0.1, -0.05) is 15.9 Å². The number of benzene rings is 1. The van der Waals surface area contributed by atoms with E-state index in [1.54, 1.807) is 6.92 Å². The van der Waals surface area contributed by atoms with Gasteiger partial charge in [0.25, 0.3) is 0 Å². The molecule has 1 amide bonds. The Labute approximate surface area is 115 Å². The van der Waals surface area contributed by atoms with Crippen LogP contribution in [0.4, 0.5) is 0 Å². The van der Waals surface area contributed by atoms with Crippen LogP contribution < -0.4 is 0 Å². The number of halogens is 1. The number of carbonyl (C=O) groups excluding carboxylic acids is 1. The van der Waals surface area contributed by atoms with Crippen molar-refractivity contribution in [2.24, 2.45) is 0 Å². The molecule has 4 heteroatoms. The maximum Gasteiger partial charge on any atom is 0.219 e. The van der Waals surface area contributed by atoms with Crippen LogP contribution in [0.25, 0.3) is 0 Å². The first-order valence-electron chi connectivity index (χ1n) is 5.83. The summed E-state index contributed by atoms with van der Waals surface area (Å²) < 4.78 is 1.09. The van der Waals surface area contributed by atoms with E-state index in [-0.39, 0.29) is 11.9 Å². The molecule has 0 radical (unpaired) electrons. The van der Waals surface area contributed by atoms with Gasteiger partial charge in [-0.05, 0) is 37.1 Å². The van der Waals surface area contributed by atoms with E-state index < -0.39 is 0 Å². The van der Waals surface area contributed by atoms with Gasteiger partial charge in [-0.15, -0.1) is 11.8 Å². The van der Waals surface area contributed by atoms with Gasteiger partial charge in [0, 0.05) is 28.6 Å². The minimum atomic E-state index is 0.162. The van der Waals surface area contributed by atoms with Crippen molar-refractivity contribution in [1.82, 2.24) is 4.90 Å². The monoisotopic (exact) mass is 313 g/mol. The van der Waals surface area contributed by atoms with E-state index in [0.717, 1.165) is 23.2 Å². The Balaban J connectivity index is 2.39. The Morgan fingerprint density at radius 3 is 3.00 bits per heavy atom. The summed E-state index contributed by atoms with van der Waals surface area (Å²) in [5.41, 5.74) is 1.28. The fraction of sp³-hybridized carbons (Fsp3) is 0.462. The number of amides is 1. The minimum Gasteiger partial charge on any atom is -0.336 e. The van der Waals surface area contributed by atoms with Gasteiger partial charge in [0.15, 0.2) is 0 Å². The maximum atomic E-state index is 11.7. The number of hydrogen-bond acceptors (Lipinski definition) is 2. The highest BCUT2D eigenvalue weighted by Gasteiger charge is 2.27. The molecule has 0 unspecified atom stereocenters. The Kier molecular flexibility index (Phi) is 4.15. The van der Waals surface area contributed by atoms with Crippen LogP contribution in [0.2, 0.25) is 0 Å². The molecule has 0 fully saturated rings. The zero-order valence-electron chi connectivity index (χ0n) is 10.1. The Hall–Kier alpha value is -0.480. The third-order valence-corrected chi connectivity index (χ3v) is 4.72. The number of carbonyl (C=O) groups is 1. The molecule has 92 valence electrons. The van der Waals surface area contributed by atoms with Gasteiger partial charge in [0.1, 0.15) is 0 Å². The van der Waals surface area contributed by atoms with Crippen molar-refractivity contribution in [2.45, 2.75) is 31.2 Å². The van der Waals surface area contributed by atoms with Gasteiger partial charge >= 0.3 is 0 Å². The van der Waals surface area contributed by atoms with E-state index in [9.17, 15) is 4.79 Å². The van der Waals surface area contributed by atoms with Crippen LogP contribution in [-0.2, 0) is 4.79 Å². The molecule has 0 saturated heterocycles. The predicted octanol–water partition coefficient (Wildman–Crippen LogP) is 3.85. The topological polar surface area (TPSA) is 20.3 Å². The second-order valence-corrected chi connectivity index (χ2v) is 6.19. The lowest BCUT2D eigenvalue weighted by Crippen LogP contribution is -2.34. The Morgan fingerprint density at radius 1 is 1.59 bits per heavy atom. The Bertz CT molecular complexity index is 435. The lowest BCUT2D eigenvalue weighted by Gasteiger charge is -2.34. The van der Waals surface area contributed by atoms with E-state index in [2.05, 4.69) is 34.1 Å². The maximum absolute atomic E-state index is 11.7. The van der Waals surface area contributed by atoms with Crippen molar-refractivity contribution in [3.05, 3.63) is 28.2 Å². The molecule has 1 aliphatic heterocycles. The standard InChI is InChI=1S/C13H16BrNOS/c1-3-15(9(2)16)12-6-7-17-13-5-4-10(14)8-11(12)13/h4-5,8,12H,3,6-7H2,1-2H3/t12-/m0/s1. The molecule has 0 bridgehead atoms. The number of fused-ring (bicyclic) bond motifs is 1. The lowest BCUT2D eigenvalue weighted by atomic mass is 10.0. The number of rotatable bonds is 2. The molecule has 0 saturated carbocycles. The van der Waals surface area contributed by atoms with Crippen LogP contribution in [0.1, 0.15) is 31.9 Å². The first-order valence-corrected chi connectivity index (χ1v) is 7.60. The molecular formula is C13H16BrNOS. The largest absolute Gasteiger partial charge is 0.336 e. The first-order chi connectivity index (χ1) is 8.13. The van der Waals surface area contributed by atoms with Crippen LogP contribution in [0.3, 0.4) is 0 Å². The minimum absolute atomic E-state index is 0.162. The van der Waals surface area contributed by atoms with Gasteiger partial charge in [-0.3, -0.25) is 4.79 Å². The van der Waals surface area contributed by atoms with Crippen molar-refractivity contribution in [2.75, 3.05) is 12.3 Å². The van der Waals surface area contributed by atoms with E-state index in [1.165, 1.54) is 10.5 Å². The predicted molar refractivity (Wildman–Crippen MR) is 75.3 cm³/mol. The van der Waals surface area contributed by atoms with Crippen molar-refractivity contribution in [3.8, 4) is 0 Å². The van der Waals surface area contributed by atoms with Crippen molar-refractivity contribution in [3.63, 3.8) is 0 Å². The average molecular weight is 314 g/mol. The van der Waals surface area contributed by atoms with Crippen LogP contribution in [0.5, 0.6) is 0 Å². The molecule has 0 aliphatic carbocycles. The highest BCUT2D eigenvalue weighted by Crippen LogP contribution is 2.40. The fourth-order valence-corrected chi connectivity index (χ4v) is 3.80. The molecular weight excluding hydrogens is 298 g/mol. The van der Waals surface area contributed by atoms with Gasteiger partial charge in [0.2, 0.25) is 5.91 Å².